The van der Waals surface area contributed by atoms with Crippen LogP contribution in [-0.4, -0.2) is 23.1 Å². The smallest absolute Gasteiger partial charge is 0.315 e. The van der Waals surface area contributed by atoms with E-state index in [9.17, 15) is 9.59 Å². The van der Waals surface area contributed by atoms with E-state index in [1.807, 2.05) is 0 Å². The minimum Gasteiger partial charge on any atom is -0.436 e. The topological polar surface area (TPSA) is 63.6 Å². The third kappa shape index (κ3) is 3.91. The van der Waals surface area contributed by atoms with Crippen LogP contribution < -0.4 is 0 Å². The van der Waals surface area contributed by atoms with Crippen LogP contribution >= 0.6 is 0 Å². The van der Waals surface area contributed by atoms with Crippen LogP contribution in [0.1, 0.15) is 23.7 Å². The summed E-state index contributed by atoms with van der Waals surface area (Å²) in [7, 11) is 0. The van der Waals surface area contributed by atoms with E-state index in [0.717, 1.165) is 0 Å². The molecule has 1 rings (SSSR count). The van der Waals surface area contributed by atoms with Crippen molar-refractivity contribution in [2.75, 3.05) is 0 Å². The Hall–Kier alpha value is -1.68. The molecule has 1 aromatic carbocycles. The molecule has 0 radical (unpaired) electrons. The van der Waals surface area contributed by atoms with E-state index in [4.69, 9.17) is 5.11 Å². The molecule has 1 N–H and O–H groups in total. The van der Waals surface area contributed by atoms with Gasteiger partial charge in [-0.15, -0.1) is 0 Å². The molecule has 4 heteroatoms. The van der Waals surface area contributed by atoms with Gasteiger partial charge >= 0.3 is 5.97 Å². The first kappa shape index (κ1) is 11.4. The van der Waals surface area contributed by atoms with Crippen molar-refractivity contribution in [3.8, 4) is 0 Å². The normalized spacial score (nSPS) is 11.9. The van der Waals surface area contributed by atoms with E-state index in [-0.39, 0.29) is 12.2 Å². The quantitative estimate of drug-likeness (QED) is 0.349. The Bertz CT molecular complexity index is 343. The molecular formula is C11H12O4. The summed E-state index contributed by atoms with van der Waals surface area (Å²) in [4.78, 5) is 22.5. The summed E-state index contributed by atoms with van der Waals surface area (Å²) in [5.74, 6) is -1.04. The molecule has 80 valence electrons. The fourth-order valence-electron chi connectivity index (χ4n) is 1.09. The van der Waals surface area contributed by atoms with Crippen LogP contribution in [0.4, 0.5) is 0 Å². The van der Waals surface area contributed by atoms with Crippen LogP contribution in [-0.2, 0) is 9.53 Å². The lowest BCUT2D eigenvalue weighted by Gasteiger charge is -2.05. The number of hydrogen-bond acceptors (Lipinski definition) is 4. The highest BCUT2D eigenvalue weighted by Gasteiger charge is 2.13. The highest BCUT2D eigenvalue weighted by molar-refractivity contribution is 6.05. The summed E-state index contributed by atoms with van der Waals surface area (Å²) in [6, 6.07) is 8.46. The third-order valence-corrected chi connectivity index (χ3v) is 1.70. The summed E-state index contributed by atoms with van der Waals surface area (Å²) < 4.78 is 4.44. The third-order valence-electron chi connectivity index (χ3n) is 1.70. The van der Waals surface area contributed by atoms with E-state index in [2.05, 4.69) is 4.74 Å². The number of aliphatic hydroxyl groups excluding tert-OH is 1. The van der Waals surface area contributed by atoms with Gasteiger partial charge in [0.2, 0.25) is 0 Å². The molecule has 0 bridgehead atoms. The van der Waals surface area contributed by atoms with E-state index in [0.29, 0.717) is 5.56 Å². The van der Waals surface area contributed by atoms with Crippen molar-refractivity contribution in [3.05, 3.63) is 35.9 Å². The van der Waals surface area contributed by atoms with Crippen LogP contribution in [0.2, 0.25) is 0 Å². The molecule has 0 heterocycles. The Morgan fingerprint density at radius 2 is 1.93 bits per heavy atom. The number of carbonyl (C=O) groups is 2. The zero-order valence-corrected chi connectivity index (χ0v) is 8.34. The molecule has 0 aliphatic rings. The number of esters is 1. The van der Waals surface area contributed by atoms with Crippen molar-refractivity contribution in [1.29, 1.82) is 0 Å². The number of rotatable bonds is 4. The zero-order valence-electron chi connectivity index (χ0n) is 8.34. The van der Waals surface area contributed by atoms with Crippen molar-refractivity contribution in [2.45, 2.75) is 19.6 Å². The minimum absolute atomic E-state index is 0.318. The highest BCUT2D eigenvalue weighted by atomic mass is 16.6. The molecule has 1 aromatic rings. The van der Waals surface area contributed by atoms with Crippen molar-refractivity contribution in [1.82, 2.24) is 0 Å². The SMILES string of the molecule is CC(O)OC(=O)CC(=O)c1ccccc1. The molecule has 0 saturated heterocycles. The predicted molar refractivity (Wildman–Crippen MR) is 53.2 cm³/mol. The summed E-state index contributed by atoms with van der Waals surface area (Å²) in [5.41, 5.74) is 0.458. The van der Waals surface area contributed by atoms with Crippen molar-refractivity contribution in [3.63, 3.8) is 0 Å². The Morgan fingerprint density at radius 3 is 2.47 bits per heavy atom. The van der Waals surface area contributed by atoms with Crippen molar-refractivity contribution in [2.24, 2.45) is 0 Å². The number of ketones is 1. The lowest BCUT2D eigenvalue weighted by Crippen LogP contribution is -2.17. The van der Waals surface area contributed by atoms with E-state index in [1.54, 1.807) is 30.3 Å². The monoisotopic (exact) mass is 208 g/mol. The van der Waals surface area contributed by atoms with Gasteiger partial charge in [0.1, 0.15) is 6.42 Å². The number of hydrogen-bond donors (Lipinski definition) is 1. The second-order valence-corrected chi connectivity index (χ2v) is 3.06. The molecule has 0 fully saturated rings. The Balaban J connectivity index is 2.53. The highest BCUT2D eigenvalue weighted by Crippen LogP contribution is 2.04. The standard InChI is InChI=1S/C11H12O4/c1-8(12)15-11(14)7-10(13)9-5-3-2-4-6-9/h2-6,8,12H,7H2,1H3. The van der Waals surface area contributed by atoms with Crippen molar-refractivity contribution >= 4 is 11.8 Å². The molecule has 1 unspecified atom stereocenters. The van der Waals surface area contributed by atoms with Gasteiger partial charge in [0.15, 0.2) is 12.1 Å². The van der Waals surface area contributed by atoms with E-state index < -0.39 is 12.3 Å². The minimum atomic E-state index is -1.18. The first-order valence-electron chi connectivity index (χ1n) is 4.55. The molecular weight excluding hydrogens is 196 g/mol. The molecule has 0 aromatic heterocycles. The number of Topliss-reactive ketones (excluding diaryl/α,β-unsaturated/α-hetero) is 1. The van der Waals surface area contributed by atoms with Crippen LogP contribution in [0, 0.1) is 0 Å². The largest absolute Gasteiger partial charge is 0.436 e. The van der Waals surface area contributed by atoms with Gasteiger partial charge in [-0.3, -0.25) is 9.59 Å². The maximum Gasteiger partial charge on any atom is 0.315 e. The second-order valence-electron chi connectivity index (χ2n) is 3.06. The van der Waals surface area contributed by atoms with Crippen LogP contribution in [0.5, 0.6) is 0 Å². The number of ether oxygens (including phenoxy) is 1. The fourth-order valence-corrected chi connectivity index (χ4v) is 1.09. The van der Waals surface area contributed by atoms with Gasteiger partial charge in [0, 0.05) is 5.56 Å². The number of aliphatic hydroxyl groups is 1. The van der Waals surface area contributed by atoms with Gasteiger partial charge in [-0.1, -0.05) is 30.3 Å². The predicted octanol–water partition coefficient (Wildman–Crippen LogP) is 1.14. The number of benzene rings is 1. The van der Waals surface area contributed by atoms with Crippen LogP contribution in [0.3, 0.4) is 0 Å². The zero-order chi connectivity index (χ0) is 11.3. The van der Waals surface area contributed by atoms with Gasteiger partial charge in [-0.05, 0) is 6.92 Å². The Labute approximate surface area is 87.5 Å². The lowest BCUT2D eigenvalue weighted by atomic mass is 10.1. The molecule has 1 atom stereocenters. The lowest BCUT2D eigenvalue weighted by molar-refractivity contribution is -0.163. The van der Waals surface area contributed by atoms with Gasteiger partial charge in [0.05, 0.1) is 0 Å². The molecule has 0 saturated carbocycles. The van der Waals surface area contributed by atoms with Gasteiger partial charge < -0.3 is 9.84 Å². The van der Waals surface area contributed by atoms with E-state index in [1.165, 1.54) is 6.92 Å². The molecule has 4 nitrogen and oxygen atoms in total. The van der Waals surface area contributed by atoms with Crippen LogP contribution in [0.25, 0.3) is 0 Å². The average Bonchev–Trinajstić information content (AvgIpc) is 2.17. The van der Waals surface area contributed by atoms with Gasteiger partial charge in [0.25, 0.3) is 0 Å². The first-order valence-corrected chi connectivity index (χ1v) is 4.55. The first-order chi connectivity index (χ1) is 7.09. The Morgan fingerprint density at radius 1 is 1.33 bits per heavy atom. The van der Waals surface area contributed by atoms with Gasteiger partial charge in [-0.2, -0.15) is 0 Å². The van der Waals surface area contributed by atoms with Gasteiger partial charge in [-0.25, -0.2) is 0 Å². The van der Waals surface area contributed by atoms with Crippen molar-refractivity contribution < 1.29 is 19.4 Å². The molecule has 15 heavy (non-hydrogen) atoms. The average molecular weight is 208 g/mol. The Kier molecular flexibility index (Phi) is 4.00. The second kappa shape index (κ2) is 5.26. The molecule has 0 amide bonds. The summed E-state index contributed by atoms with van der Waals surface area (Å²) in [6.07, 6.45) is -1.53. The fraction of sp³-hybridized carbons (Fsp3) is 0.273. The molecule has 0 aliphatic carbocycles. The molecule has 0 spiro atoms. The maximum atomic E-state index is 11.5. The maximum absolute atomic E-state index is 11.5. The molecule has 0 aliphatic heterocycles. The summed E-state index contributed by atoms with van der Waals surface area (Å²) >= 11 is 0. The van der Waals surface area contributed by atoms with E-state index >= 15 is 0 Å². The van der Waals surface area contributed by atoms with Crippen LogP contribution in [0.15, 0.2) is 30.3 Å². The summed E-state index contributed by atoms with van der Waals surface area (Å²) in [6.45, 7) is 1.31. The summed E-state index contributed by atoms with van der Waals surface area (Å²) in [5, 5.41) is 8.75. The number of carbonyl (C=O) groups excluding carboxylic acids is 2.